The maximum atomic E-state index is 11.8. The SMILES string of the molecule is C=Cn1c[c]c(=O)c2ccc(N3CCNCC3)nc21. The van der Waals surface area contributed by atoms with Gasteiger partial charge in [-0.05, 0) is 12.1 Å². The molecular formula is C14H15N4O. The van der Waals surface area contributed by atoms with Gasteiger partial charge in [0.15, 0.2) is 5.43 Å². The van der Waals surface area contributed by atoms with Crippen LogP contribution in [-0.4, -0.2) is 35.7 Å². The molecule has 1 N–H and O–H groups in total. The minimum atomic E-state index is -0.132. The first-order chi connectivity index (χ1) is 9.29. The van der Waals surface area contributed by atoms with Gasteiger partial charge in [-0.1, -0.05) is 6.58 Å². The van der Waals surface area contributed by atoms with E-state index in [9.17, 15) is 4.79 Å². The molecule has 2 aromatic rings. The van der Waals surface area contributed by atoms with Crippen molar-refractivity contribution in [1.29, 1.82) is 0 Å². The lowest BCUT2D eigenvalue weighted by Gasteiger charge is -2.28. The molecule has 0 atom stereocenters. The molecule has 1 saturated heterocycles. The summed E-state index contributed by atoms with van der Waals surface area (Å²) in [7, 11) is 0. The van der Waals surface area contributed by atoms with Gasteiger partial charge in [-0.2, -0.15) is 0 Å². The molecule has 0 bridgehead atoms. The minimum absolute atomic E-state index is 0.132. The molecule has 5 heteroatoms. The van der Waals surface area contributed by atoms with Gasteiger partial charge in [0.1, 0.15) is 11.5 Å². The molecule has 0 saturated carbocycles. The second kappa shape index (κ2) is 4.85. The van der Waals surface area contributed by atoms with Gasteiger partial charge in [-0.25, -0.2) is 4.98 Å². The van der Waals surface area contributed by atoms with Gasteiger partial charge in [0.2, 0.25) is 0 Å². The second-order valence-corrected chi connectivity index (χ2v) is 4.47. The van der Waals surface area contributed by atoms with E-state index in [-0.39, 0.29) is 5.43 Å². The zero-order valence-corrected chi connectivity index (χ0v) is 10.6. The zero-order chi connectivity index (χ0) is 13.2. The molecule has 2 aromatic heterocycles. The number of rotatable bonds is 2. The van der Waals surface area contributed by atoms with Gasteiger partial charge < -0.3 is 14.8 Å². The average molecular weight is 255 g/mol. The van der Waals surface area contributed by atoms with E-state index in [0.717, 1.165) is 32.0 Å². The number of nitrogens with zero attached hydrogens (tertiary/aromatic N) is 3. The molecule has 5 nitrogen and oxygen atoms in total. The van der Waals surface area contributed by atoms with E-state index in [1.54, 1.807) is 17.0 Å². The van der Waals surface area contributed by atoms with Crippen molar-refractivity contribution in [2.75, 3.05) is 31.1 Å². The van der Waals surface area contributed by atoms with Crippen LogP contribution in [0.15, 0.2) is 29.7 Å². The highest BCUT2D eigenvalue weighted by Crippen LogP contribution is 2.16. The second-order valence-electron chi connectivity index (χ2n) is 4.47. The molecule has 0 aromatic carbocycles. The smallest absolute Gasteiger partial charge is 0.199 e. The first-order valence-electron chi connectivity index (χ1n) is 6.31. The minimum Gasteiger partial charge on any atom is -0.354 e. The molecule has 3 heterocycles. The molecule has 1 aliphatic heterocycles. The van der Waals surface area contributed by atoms with Crippen molar-refractivity contribution in [3.8, 4) is 0 Å². The topological polar surface area (TPSA) is 50.2 Å². The lowest BCUT2D eigenvalue weighted by molar-refractivity contribution is 0.585. The van der Waals surface area contributed by atoms with Crippen molar-refractivity contribution in [2.24, 2.45) is 0 Å². The van der Waals surface area contributed by atoms with Crippen LogP contribution in [0, 0.1) is 6.07 Å². The standard InChI is InChI=1S/C14H15N4O/c1-2-17-8-5-12(19)11-3-4-13(16-14(11)17)18-9-6-15-7-10-18/h2-4,8,15H,1,6-7,9-10H2. The van der Waals surface area contributed by atoms with Crippen LogP contribution in [0.5, 0.6) is 0 Å². The van der Waals surface area contributed by atoms with E-state index in [1.165, 1.54) is 0 Å². The summed E-state index contributed by atoms with van der Waals surface area (Å²) in [6.07, 6.45) is 3.21. The van der Waals surface area contributed by atoms with Crippen LogP contribution < -0.4 is 15.6 Å². The van der Waals surface area contributed by atoms with Gasteiger partial charge in [0, 0.05) is 38.6 Å². The van der Waals surface area contributed by atoms with Crippen molar-refractivity contribution in [3.63, 3.8) is 0 Å². The average Bonchev–Trinajstić information content (AvgIpc) is 2.48. The molecule has 1 radical (unpaired) electrons. The van der Waals surface area contributed by atoms with Crippen LogP contribution in [0.4, 0.5) is 5.82 Å². The molecule has 1 fully saturated rings. The predicted molar refractivity (Wildman–Crippen MR) is 76.3 cm³/mol. The van der Waals surface area contributed by atoms with Crippen molar-refractivity contribution in [1.82, 2.24) is 14.9 Å². The molecule has 19 heavy (non-hydrogen) atoms. The lowest BCUT2D eigenvalue weighted by Crippen LogP contribution is -2.43. The summed E-state index contributed by atoms with van der Waals surface area (Å²) in [5.74, 6) is 0.898. The van der Waals surface area contributed by atoms with Gasteiger partial charge in [0.05, 0.1) is 11.5 Å². The Morgan fingerprint density at radius 3 is 2.89 bits per heavy atom. The highest BCUT2D eigenvalue weighted by atomic mass is 16.1. The Morgan fingerprint density at radius 1 is 1.37 bits per heavy atom. The largest absolute Gasteiger partial charge is 0.354 e. The zero-order valence-electron chi connectivity index (χ0n) is 10.6. The summed E-state index contributed by atoms with van der Waals surface area (Å²) < 4.78 is 1.72. The first-order valence-corrected chi connectivity index (χ1v) is 6.31. The molecule has 3 rings (SSSR count). The van der Waals surface area contributed by atoms with Crippen molar-refractivity contribution in [3.05, 3.63) is 41.2 Å². The number of nitrogens with one attached hydrogen (secondary N) is 1. The quantitative estimate of drug-likeness (QED) is 0.858. The number of hydrogen-bond acceptors (Lipinski definition) is 4. The number of fused-ring (bicyclic) bond motifs is 1. The summed E-state index contributed by atoms with van der Waals surface area (Å²) in [5, 5.41) is 3.88. The fourth-order valence-electron chi connectivity index (χ4n) is 2.29. The van der Waals surface area contributed by atoms with Crippen LogP contribution in [-0.2, 0) is 0 Å². The van der Waals surface area contributed by atoms with Gasteiger partial charge in [-0.15, -0.1) is 0 Å². The number of pyridine rings is 2. The summed E-state index contributed by atoms with van der Waals surface area (Å²) in [6, 6.07) is 6.38. The summed E-state index contributed by atoms with van der Waals surface area (Å²) in [4.78, 5) is 18.6. The summed E-state index contributed by atoms with van der Waals surface area (Å²) in [5.41, 5.74) is 0.502. The molecule has 0 aliphatic carbocycles. The molecule has 0 amide bonds. The fraction of sp³-hybridized carbons (Fsp3) is 0.286. The monoisotopic (exact) mass is 255 g/mol. The molecule has 1 aliphatic rings. The molecule has 97 valence electrons. The van der Waals surface area contributed by atoms with E-state index in [0.29, 0.717) is 11.0 Å². The Balaban J connectivity index is 2.13. The number of aromatic nitrogens is 2. The van der Waals surface area contributed by atoms with Crippen LogP contribution >= 0.6 is 0 Å². The van der Waals surface area contributed by atoms with Crippen molar-refractivity contribution >= 4 is 23.1 Å². The van der Waals surface area contributed by atoms with Gasteiger partial charge in [0.25, 0.3) is 0 Å². The molecular weight excluding hydrogens is 240 g/mol. The Morgan fingerprint density at radius 2 is 2.16 bits per heavy atom. The van der Waals surface area contributed by atoms with E-state index >= 15 is 0 Å². The van der Waals surface area contributed by atoms with Crippen LogP contribution in [0.2, 0.25) is 0 Å². The van der Waals surface area contributed by atoms with Crippen molar-refractivity contribution < 1.29 is 0 Å². The molecule has 0 spiro atoms. The first kappa shape index (κ1) is 11.9. The lowest BCUT2D eigenvalue weighted by atomic mass is 10.2. The van der Waals surface area contributed by atoms with E-state index in [2.05, 4.69) is 27.8 Å². The highest BCUT2D eigenvalue weighted by molar-refractivity contribution is 5.78. The Kier molecular flexibility index (Phi) is 3.05. The third-order valence-electron chi connectivity index (χ3n) is 3.32. The normalized spacial score (nSPS) is 15.7. The third-order valence-corrected chi connectivity index (χ3v) is 3.32. The highest BCUT2D eigenvalue weighted by Gasteiger charge is 2.13. The Bertz CT molecular complexity index is 671. The summed E-state index contributed by atoms with van der Waals surface area (Å²) >= 11 is 0. The molecule has 0 unspecified atom stereocenters. The van der Waals surface area contributed by atoms with Crippen LogP contribution in [0.25, 0.3) is 17.2 Å². The maximum Gasteiger partial charge on any atom is 0.199 e. The van der Waals surface area contributed by atoms with E-state index in [1.807, 2.05) is 12.1 Å². The Hall–Kier alpha value is -2.14. The Labute approximate surface area is 111 Å². The van der Waals surface area contributed by atoms with Gasteiger partial charge >= 0.3 is 0 Å². The number of piperazine rings is 1. The predicted octanol–water partition coefficient (Wildman–Crippen LogP) is 0.707. The van der Waals surface area contributed by atoms with Crippen molar-refractivity contribution in [2.45, 2.75) is 0 Å². The summed E-state index contributed by atoms with van der Waals surface area (Å²) in [6.45, 7) is 7.49. The maximum absolute atomic E-state index is 11.8. The number of anilines is 1. The van der Waals surface area contributed by atoms with Crippen LogP contribution in [0.3, 0.4) is 0 Å². The number of hydrogen-bond donors (Lipinski definition) is 1. The third kappa shape index (κ3) is 2.13. The fourth-order valence-corrected chi connectivity index (χ4v) is 2.29. The van der Waals surface area contributed by atoms with Gasteiger partial charge in [-0.3, -0.25) is 4.79 Å². The van der Waals surface area contributed by atoms with Crippen LogP contribution in [0.1, 0.15) is 0 Å². The van der Waals surface area contributed by atoms with E-state index in [4.69, 9.17) is 0 Å². The van der Waals surface area contributed by atoms with E-state index < -0.39 is 0 Å².